The van der Waals surface area contributed by atoms with Crippen molar-refractivity contribution in [1.29, 1.82) is 0 Å². The number of benzene rings is 2. The topological polar surface area (TPSA) is 53.0 Å². The third kappa shape index (κ3) is 4.69. The Bertz CT molecular complexity index is 849. The van der Waals surface area contributed by atoms with Crippen molar-refractivity contribution in [3.63, 3.8) is 0 Å². The van der Waals surface area contributed by atoms with E-state index in [4.69, 9.17) is 4.74 Å². The first kappa shape index (κ1) is 21.1. The van der Waals surface area contributed by atoms with Gasteiger partial charge in [-0.3, -0.25) is 9.80 Å². The van der Waals surface area contributed by atoms with Gasteiger partial charge in [0, 0.05) is 31.7 Å². The minimum Gasteiger partial charge on any atom is -0.497 e. The van der Waals surface area contributed by atoms with Crippen LogP contribution >= 0.6 is 0 Å². The van der Waals surface area contributed by atoms with Crippen molar-refractivity contribution in [1.82, 2.24) is 9.80 Å². The fraction of sp³-hybridized carbons (Fsp3) is 0.375. The number of hydrogen-bond donors (Lipinski definition) is 1. The van der Waals surface area contributed by atoms with E-state index < -0.39 is 5.97 Å². The van der Waals surface area contributed by atoms with Gasteiger partial charge in [-0.25, -0.2) is 4.79 Å². The van der Waals surface area contributed by atoms with Gasteiger partial charge in [-0.2, -0.15) is 0 Å². The van der Waals surface area contributed by atoms with E-state index in [-0.39, 0.29) is 6.04 Å². The van der Waals surface area contributed by atoms with Gasteiger partial charge in [-0.1, -0.05) is 30.3 Å². The molecule has 5 heteroatoms. The lowest BCUT2D eigenvalue weighted by Gasteiger charge is -2.47. The molecule has 1 aliphatic heterocycles. The largest absolute Gasteiger partial charge is 0.497 e. The molecule has 0 unspecified atom stereocenters. The number of carboxylic acids is 1. The molecule has 154 valence electrons. The summed E-state index contributed by atoms with van der Waals surface area (Å²) in [6, 6.07) is 16.1. The van der Waals surface area contributed by atoms with E-state index in [0.29, 0.717) is 17.6 Å². The third-order valence-electron chi connectivity index (χ3n) is 5.74. The molecule has 1 fully saturated rings. The molecule has 0 aliphatic carbocycles. The van der Waals surface area contributed by atoms with Gasteiger partial charge >= 0.3 is 5.97 Å². The second-order valence-corrected chi connectivity index (χ2v) is 7.74. The van der Waals surface area contributed by atoms with Crippen LogP contribution in [0.15, 0.2) is 61.2 Å². The lowest BCUT2D eigenvalue weighted by molar-refractivity contribution is 0.0306. The first-order chi connectivity index (χ1) is 13.9. The van der Waals surface area contributed by atoms with Gasteiger partial charge in [0.05, 0.1) is 18.7 Å². The highest BCUT2D eigenvalue weighted by Crippen LogP contribution is 2.34. The summed E-state index contributed by atoms with van der Waals surface area (Å²) < 4.78 is 5.46. The average Bonchev–Trinajstić information content (AvgIpc) is 2.72. The minimum absolute atomic E-state index is 0.0243. The number of carbonyl (C=O) groups is 1. The molecule has 5 nitrogen and oxygen atoms in total. The van der Waals surface area contributed by atoms with Crippen molar-refractivity contribution in [3.8, 4) is 5.75 Å². The summed E-state index contributed by atoms with van der Waals surface area (Å²) in [6.45, 7) is 11.1. The highest BCUT2D eigenvalue weighted by atomic mass is 16.5. The Kier molecular flexibility index (Phi) is 6.72. The van der Waals surface area contributed by atoms with Crippen LogP contribution in [0.1, 0.15) is 41.4 Å². The third-order valence-corrected chi connectivity index (χ3v) is 5.74. The van der Waals surface area contributed by atoms with Crippen LogP contribution in [0, 0.1) is 0 Å². The van der Waals surface area contributed by atoms with Crippen LogP contribution in [0.2, 0.25) is 0 Å². The molecule has 0 spiro atoms. The van der Waals surface area contributed by atoms with E-state index in [9.17, 15) is 9.90 Å². The molecule has 0 amide bonds. The molecule has 3 atom stereocenters. The molecule has 2 aromatic carbocycles. The SMILES string of the molecule is C=CCN1C[C@H](C)N([C@@H](c2ccc(C(=O)O)cc2)c2cccc(OC)c2)C[C@H]1C. The number of rotatable bonds is 7. The Morgan fingerprint density at radius 1 is 1.17 bits per heavy atom. The van der Waals surface area contributed by atoms with Gasteiger partial charge in [-0.05, 0) is 49.2 Å². The van der Waals surface area contributed by atoms with Crippen LogP contribution in [-0.2, 0) is 0 Å². The Morgan fingerprint density at radius 2 is 1.90 bits per heavy atom. The standard InChI is InChI=1S/C24H30N2O3/c1-5-13-25-15-18(3)26(16-17(25)2)23(21-7-6-8-22(14-21)29-4)19-9-11-20(12-10-19)24(27)28/h5-12,14,17-18,23H,1,13,15-16H2,2-4H3,(H,27,28)/t17-,18+,23+/m1/s1. The zero-order chi connectivity index (χ0) is 21.0. The molecule has 0 bridgehead atoms. The highest BCUT2D eigenvalue weighted by Gasteiger charge is 2.34. The number of hydrogen-bond acceptors (Lipinski definition) is 4. The van der Waals surface area contributed by atoms with Crippen molar-refractivity contribution in [2.75, 3.05) is 26.7 Å². The molecular weight excluding hydrogens is 364 g/mol. The van der Waals surface area contributed by atoms with Crippen LogP contribution in [0.5, 0.6) is 5.75 Å². The lowest BCUT2D eigenvalue weighted by atomic mass is 9.93. The second-order valence-electron chi connectivity index (χ2n) is 7.74. The summed E-state index contributed by atoms with van der Waals surface area (Å²) in [5.41, 5.74) is 2.53. The van der Waals surface area contributed by atoms with Gasteiger partial charge in [-0.15, -0.1) is 6.58 Å². The Morgan fingerprint density at radius 3 is 2.52 bits per heavy atom. The van der Waals surface area contributed by atoms with Gasteiger partial charge < -0.3 is 9.84 Å². The van der Waals surface area contributed by atoms with Crippen molar-refractivity contribution < 1.29 is 14.6 Å². The smallest absolute Gasteiger partial charge is 0.335 e. The Labute approximate surface area is 173 Å². The molecule has 0 aromatic heterocycles. The van der Waals surface area contributed by atoms with Crippen molar-refractivity contribution in [2.45, 2.75) is 32.0 Å². The van der Waals surface area contributed by atoms with Gasteiger partial charge in [0.25, 0.3) is 0 Å². The molecule has 2 aromatic rings. The highest BCUT2D eigenvalue weighted by molar-refractivity contribution is 5.87. The quantitative estimate of drug-likeness (QED) is 0.718. The van der Waals surface area contributed by atoms with E-state index in [0.717, 1.165) is 36.5 Å². The molecule has 1 aliphatic rings. The molecule has 0 saturated carbocycles. The van der Waals surface area contributed by atoms with Crippen molar-refractivity contribution in [3.05, 3.63) is 77.9 Å². The fourth-order valence-electron chi connectivity index (χ4n) is 4.20. The molecule has 1 N–H and O–H groups in total. The second kappa shape index (κ2) is 9.25. The van der Waals surface area contributed by atoms with Gasteiger partial charge in [0.2, 0.25) is 0 Å². The van der Waals surface area contributed by atoms with Crippen LogP contribution in [0.4, 0.5) is 0 Å². The van der Waals surface area contributed by atoms with Crippen molar-refractivity contribution >= 4 is 5.97 Å². The van der Waals surface area contributed by atoms with E-state index in [1.54, 1.807) is 19.2 Å². The summed E-state index contributed by atoms with van der Waals surface area (Å²) in [5.74, 6) is -0.0878. The molecule has 29 heavy (non-hydrogen) atoms. The summed E-state index contributed by atoms with van der Waals surface area (Å²) in [7, 11) is 1.68. The van der Waals surface area contributed by atoms with Crippen LogP contribution in [0.3, 0.4) is 0 Å². The maximum absolute atomic E-state index is 11.3. The lowest BCUT2D eigenvalue weighted by Crippen LogP contribution is -2.57. The maximum Gasteiger partial charge on any atom is 0.335 e. The van der Waals surface area contributed by atoms with Crippen LogP contribution in [-0.4, -0.2) is 59.7 Å². The van der Waals surface area contributed by atoms with E-state index in [1.165, 1.54) is 0 Å². The number of aromatic carboxylic acids is 1. The summed E-state index contributed by atoms with van der Waals surface area (Å²) in [5, 5.41) is 9.26. The molecule has 1 heterocycles. The van der Waals surface area contributed by atoms with E-state index >= 15 is 0 Å². The van der Waals surface area contributed by atoms with Gasteiger partial charge in [0.15, 0.2) is 0 Å². The molecular formula is C24H30N2O3. The summed E-state index contributed by atoms with van der Waals surface area (Å²) in [4.78, 5) is 16.2. The number of ether oxygens (including phenoxy) is 1. The zero-order valence-electron chi connectivity index (χ0n) is 17.4. The molecule has 0 radical (unpaired) electrons. The number of nitrogens with zero attached hydrogens (tertiary/aromatic N) is 2. The molecule has 3 rings (SSSR count). The predicted molar refractivity (Wildman–Crippen MR) is 116 cm³/mol. The normalized spacial score (nSPS) is 21.5. The first-order valence-electron chi connectivity index (χ1n) is 10.0. The Hall–Kier alpha value is -2.63. The molecule has 1 saturated heterocycles. The zero-order valence-corrected chi connectivity index (χ0v) is 17.4. The van der Waals surface area contributed by atoms with E-state index in [1.807, 2.05) is 30.3 Å². The predicted octanol–water partition coefficient (Wildman–Crippen LogP) is 4.06. The van der Waals surface area contributed by atoms with Crippen LogP contribution in [0.25, 0.3) is 0 Å². The monoisotopic (exact) mass is 394 g/mol. The van der Waals surface area contributed by atoms with E-state index in [2.05, 4.69) is 42.4 Å². The average molecular weight is 395 g/mol. The number of piperazine rings is 1. The fourth-order valence-corrected chi connectivity index (χ4v) is 4.20. The first-order valence-corrected chi connectivity index (χ1v) is 10.0. The van der Waals surface area contributed by atoms with Crippen LogP contribution < -0.4 is 4.74 Å². The number of methoxy groups -OCH3 is 1. The maximum atomic E-state index is 11.3. The minimum atomic E-state index is -0.908. The summed E-state index contributed by atoms with van der Waals surface area (Å²) >= 11 is 0. The Balaban J connectivity index is 2.00. The van der Waals surface area contributed by atoms with Crippen molar-refractivity contribution in [2.24, 2.45) is 0 Å². The number of carboxylic acid groups (broad SMARTS) is 1. The van der Waals surface area contributed by atoms with Gasteiger partial charge in [0.1, 0.15) is 5.75 Å². The summed E-state index contributed by atoms with van der Waals surface area (Å²) in [6.07, 6.45) is 1.96.